The Labute approximate surface area is 328 Å². The maximum absolute atomic E-state index is 6.35. The van der Waals surface area contributed by atoms with Gasteiger partial charge < -0.3 is 9.32 Å². The van der Waals surface area contributed by atoms with Crippen LogP contribution in [0.3, 0.4) is 0 Å². The van der Waals surface area contributed by atoms with Crippen molar-refractivity contribution >= 4 is 39.0 Å². The number of anilines is 3. The van der Waals surface area contributed by atoms with Gasteiger partial charge in [-0.1, -0.05) is 155 Å². The number of hydrogen-bond donors (Lipinski definition) is 0. The van der Waals surface area contributed by atoms with Gasteiger partial charge in [-0.3, -0.25) is 0 Å². The van der Waals surface area contributed by atoms with Crippen LogP contribution < -0.4 is 4.90 Å². The Bertz CT molecular complexity index is 3050. The summed E-state index contributed by atoms with van der Waals surface area (Å²) in [6.45, 7) is 9.44. The van der Waals surface area contributed by atoms with Crippen LogP contribution in [0.5, 0.6) is 0 Å². The maximum atomic E-state index is 6.35. The molecule has 0 aliphatic heterocycles. The summed E-state index contributed by atoms with van der Waals surface area (Å²) < 4.78 is 6.35. The Hall–Kier alpha value is -6.64. The molecule has 2 aliphatic rings. The summed E-state index contributed by atoms with van der Waals surface area (Å²) in [5.41, 5.74) is 20.5. The van der Waals surface area contributed by atoms with Gasteiger partial charge in [-0.2, -0.15) is 0 Å². The Balaban J connectivity index is 1.13. The van der Waals surface area contributed by atoms with Crippen molar-refractivity contribution in [2.45, 2.75) is 38.5 Å². The molecule has 0 saturated heterocycles. The minimum Gasteiger partial charge on any atom is -0.456 e. The Morgan fingerprint density at radius 2 is 0.964 bits per heavy atom. The molecule has 268 valence electrons. The third-order valence-corrected chi connectivity index (χ3v) is 12.7. The van der Waals surface area contributed by atoms with Gasteiger partial charge in [0.15, 0.2) is 0 Å². The average molecular weight is 720 g/mol. The molecular weight excluding hydrogens is 679 g/mol. The lowest BCUT2D eigenvalue weighted by molar-refractivity contribution is 0.660. The first-order valence-corrected chi connectivity index (χ1v) is 19.7. The second kappa shape index (κ2) is 11.9. The van der Waals surface area contributed by atoms with Crippen LogP contribution in [0, 0.1) is 0 Å². The predicted octanol–water partition coefficient (Wildman–Crippen LogP) is 15.0. The van der Waals surface area contributed by atoms with Gasteiger partial charge in [-0.25, -0.2) is 0 Å². The number of para-hydroxylation sites is 2. The summed E-state index contributed by atoms with van der Waals surface area (Å²) in [5, 5.41) is 2.28. The van der Waals surface area contributed by atoms with E-state index in [1.54, 1.807) is 0 Å². The van der Waals surface area contributed by atoms with Gasteiger partial charge in [-0.05, 0) is 110 Å². The Kier molecular flexibility index (Phi) is 6.98. The van der Waals surface area contributed by atoms with Crippen molar-refractivity contribution in [1.29, 1.82) is 0 Å². The standard InChI is InChI=1S/C54H41NO/c1-53(2)46-23-10-6-20-44(46)52-43(21-14-24-47(52)53)40-18-7-11-25-49(40)55(37-28-30-39-38-17-5-9-22-45(38)54(3,4)48(39)33-37)36-16-13-15-34(31-36)35-27-29-42-41-19-8-12-26-50(41)56-51(42)32-35/h5-33H,1-4H3. The van der Waals surface area contributed by atoms with Gasteiger partial charge in [-0.15, -0.1) is 0 Å². The largest absolute Gasteiger partial charge is 0.456 e. The predicted molar refractivity (Wildman–Crippen MR) is 234 cm³/mol. The lowest BCUT2D eigenvalue weighted by Gasteiger charge is -2.30. The van der Waals surface area contributed by atoms with Crippen molar-refractivity contribution < 1.29 is 4.42 Å². The van der Waals surface area contributed by atoms with Crippen LogP contribution in [-0.4, -0.2) is 0 Å². The molecule has 0 unspecified atom stereocenters. The lowest BCUT2D eigenvalue weighted by atomic mass is 9.82. The first-order chi connectivity index (χ1) is 27.3. The van der Waals surface area contributed by atoms with Crippen LogP contribution in [0.25, 0.3) is 66.4 Å². The summed E-state index contributed by atoms with van der Waals surface area (Å²) >= 11 is 0. The quantitative estimate of drug-likeness (QED) is 0.176. The van der Waals surface area contributed by atoms with E-state index >= 15 is 0 Å². The van der Waals surface area contributed by atoms with Crippen molar-refractivity contribution in [3.63, 3.8) is 0 Å². The molecule has 2 nitrogen and oxygen atoms in total. The van der Waals surface area contributed by atoms with E-state index in [1.165, 1.54) is 55.6 Å². The monoisotopic (exact) mass is 719 g/mol. The number of furan rings is 1. The second-order valence-corrected chi connectivity index (χ2v) is 16.5. The molecule has 9 aromatic rings. The normalized spacial score (nSPS) is 14.4. The fourth-order valence-electron chi connectivity index (χ4n) is 9.86. The summed E-state index contributed by atoms with van der Waals surface area (Å²) in [7, 11) is 0. The third-order valence-electron chi connectivity index (χ3n) is 12.7. The van der Waals surface area contributed by atoms with Crippen LogP contribution in [0.1, 0.15) is 49.9 Å². The Morgan fingerprint density at radius 3 is 1.82 bits per heavy atom. The van der Waals surface area contributed by atoms with Gasteiger partial charge in [0, 0.05) is 38.5 Å². The molecule has 0 bridgehead atoms. The van der Waals surface area contributed by atoms with E-state index in [0.717, 1.165) is 50.1 Å². The van der Waals surface area contributed by atoms with Gasteiger partial charge in [0.2, 0.25) is 0 Å². The zero-order valence-electron chi connectivity index (χ0n) is 32.1. The van der Waals surface area contributed by atoms with Crippen LogP contribution in [0.15, 0.2) is 180 Å². The van der Waals surface area contributed by atoms with E-state index < -0.39 is 0 Å². The van der Waals surface area contributed by atoms with Crippen molar-refractivity contribution in [3.05, 3.63) is 198 Å². The topological polar surface area (TPSA) is 16.4 Å². The van der Waals surface area contributed by atoms with E-state index in [0.29, 0.717) is 0 Å². The summed E-state index contributed by atoms with van der Waals surface area (Å²) in [5.74, 6) is 0. The van der Waals surface area contributed by atoms with Crippen molar-refractivity contribution in [1.82, 2.24) is 0 Å². The molecule has 0 N–H and O–H groups in total. The van der Waals surface area contributed by atoms with Crippen LogP contribution in [-0.2, 0) is 10.8 Å². The molecule has 1 aromatic heterocycles. The summed E-state index contributed by atoms with van der Waals surface area (Å²) in [6.07, 6.45) is 0. The smallest absolute Gasteiger partial charge is 0.136 e. The molecule has 8 aromatic carbocycles. The fourth-order valence-corrected chi connectivity index (χ4v) is 9.86. The minimum absolute atomic E-state index is 0.0909. The van der Waals surface area contributed by atoms with E-state index in [9.17, 15) is 0 Å². The van der Waals surface area contributed by atoms with Gasteiger partial charge in [0.05, 0.1) is 5.69 Å². The molecule has 0 amide bonds. The van der Waals surface area contributed by atoms with Gasteiger partial charge in [0.1, 0.15) is 11.2 Å². The van der Waals surface area contributed by atoms with Gasteiger partial charge >= 0.3 is 0 Å². The molecule has 0 saturated carbocycles. The molecule has 0 radical (unpaired) electrons. The van der Waals surface area contributed by atoms with E-state index in [-0.39, 0.29) is 10.8 Å². The number of hydrogen-bond acceptors (Lipinski definition) is 2. The molecular formula is C54H41NO. The van der Waals surface area contributed by atoms with E-state index in [1.807, 2.05) is 12.1 Å². The van der Waals surface area contributed by atoms with Crippen molar-refractivity contribution in [2.75, 3.05) is 4.90 Å². The van der Waals surface area contributed by atoms with E-state index in [2.05, 4.69) is 196 Å². The van der Waals surface area contributed by atoms with Crippen LogP contribution in [0.2, 0.25) is 0 Å². The summed E-state index contributed by atoms with van der Waals surface area (Å²) in [6, 6.07) is 64.7. The van der Waals surface area contributed by atoms with Crippen molar-refractivity contribution in [2.24, 2.45) is 0 Å². The number of rotatable bonds is 5. The molecule has 11 rings (SSSR count). The molecule has 56 heavy (non-hydrogen) atoms. The van der Waals surface area contributed by atoms with Gasteiger partial charge in [0.25, 0.3) is 0 Å². The van der Waals surface area contributed by atoms with E-state index in [4.69, 9.17) is 4.42 Å². The first-order valence-electron chi connectivity index (χ1n) is 19.7. The zero-order valence-corrected chi connectivity index (χ0v) is 32.1. The SMILES string of the molecule is CC1(C)c2ccccc2-c2ccc(N(c3cccc(-c4ccc5c(c4)oc4ccccc45)c3)c3ccccc3-c3cccc4c3-c3ccccc3C4(C)C)cc21. The highest BCUT2D eigenvalue weighted by atomic mass is 16.3. The average Bonchev–Trinajstić information content (AvgIpc) is 3.81. The molecule has 2 aliphatic carbocycles. The first kappa shape index (κ1) is 32.8. The molecule has 0 spiro atoms. The highest BCUT2D eigenvalue weighted by molar-refractivity contribution is 6.06. The molecule has 1 heterocycles. The number of fused-ring (bicyclic) bond motifs is 9. The maximum Gasteiger partial charge on any atom is 0.136 e. The second-order valence-electron chi connectivity index (χ2n) is 16.5. The number of nitrogens with zero attached hydrogens (tertiary/aromatic N) is 1. The zero-order chi connectivity index (χ0) is 37.8. The van der Waals surface area contributed by atoms with Crippen molar-refractivity contribution in [3.8, 4) is 44.5 Å². The Morgan fingerprint density at radius 1 is 0.375 bits per heavy atom. The highest BCUT2D eigenvalue weighted by Crippen LogP contribution is 2.55. The third kappa shape index (κ3) is 4.69. The lowest BCUT2D eigenvalue weighted by Crippen LogP contribution is -2.17. The summed E-state index contributed by atoms with van der Waals surface area (Å²) in [4.78, 5) is 2.48. The molecule has 2 heteroatoms. The molecule has 0 fully saturated rings. The van der Waals surface area contributed by atoms with Crippen LogP contribution >= 0.6 is 0 Å². The minimum atomic E-state index is -0.132. The highest BCUT2D eigenvalue weighted by Gasteiger charge is 2.38. The molecule has 0 atom stereocenters. The number of benzene rings is 8. The van der Waals surface area contributed by atoms with Crippen LogP contribution in [0.4, 0.5) is 17.1 Å². The fraction of sp³-hybridized carbons (Fsp3) is 0.111.